The fourth-order valence-electron chi connectivity index (χ4n) is 2.87. The van der Waals surface area contributed by atoms with Gasteiger partial charge in [-0.1, -0.05) is 23.9 Å². The molecule has 9 nitrogen and oxygen atoms in total. The van der Waals surface area contributed by atoms with Crippen molar-refractivity contribution in [1.82, 2.24) is 19.2 Å². The Morgan fingerprint density at radius 2 is 1.94 bits per heavy atom. The van der Waals surface area contributed by atoms with Crippen molar-refractivity contribution in [2.45, 2.75) is 17.8 Å². The number of carbonyl (C=O) groups is 1. The molecule has 0 saturated carbocycles. The summed E-state index contributed by atoms with van der Waals surface area (Å²) in [4.78, 5) is 21.2. The molecule has 2 heterocycles. The largest absolute Gasteiger partial charge is 0.481 e. The van der Waals surface area contributed by atoms with E-state index in [1.54, 1.807) is 4.90 Å². The second-order valence-corrected chi connectivity index (χ2v) is 9.21. The molecule has 168 valence electrons. The van der Waals surface area contributed by atoms with Crippen LogP contribution in [0.4, 0.5) is 14.6 Å². The van der Waals surface area contributed by atoms with E-state index in [-0.39, 0.29) is 47.2 Å². The number of halogens is 2. The van der Waals surface area contributed by atoms with Gasteiger partial charge in [-0.15, -0.1) is 0 Å². The Bertz CT molecular complexity index is 1060. The molecule has 1 N–H and O–H groups in total. The van der Waals surface area contributed by atoms with Crippen LogP contribution in [0.2, 0.25) is 0 Å². The van der Waals surface area contributed by atoms with Gasteiger partial charge in [0, 0.05) is 50.5 Å². The Morgan fingerprint density at radius 1 is 1.23 bits per heavy atom. The van der Waals surface area contributed by atoms with E-state index in [9.17, 15) is 22.0 Å². The number of thioether (sulfide) groups is 1. The number of aromatic nitrogens is 2. The van der Waals surface area contributed by atoms with Gasteiger partial charge in [-0.3, -0.25) is 9.52 Å². The maximum Gasteiger partial charge on any atom is 0.302 e. The highest BCUT2D eigenvalue weighted by Crippen LogP contribution is 2.26. The van der Waals surface area contributed by atoms with E-state index in [4.69, 9.17) is 4.74 Å². The smallest absolute Gasteiger partial charge is 0.302 e. The molecular weight excluding hydrogens is 452 g/mol. The lowest BCUT2D eigenvalue weighted by molar-refractivity contribution is -0.129. The summed E-state index contributed by atoms with van der Waals surface area (Å²) in [5.41, 5.74) is 0.127. The Morgan fingerprint density at radius 3 is 2.58 bits per heavy atom. The van der Waals surface area contributed by atoms with Crippen molar-refractivity contribution in [2.75, 3.05) is 38.0 Å². The molecule has 3 rings (SSSR count). The molecule has 0 bridgehead atoms. The van der Waals surface area contributed by atoms with Gasteiger partial charge in [-0.2, -0.15) is 17.7 Å². The standard InChI is InChI=1S/C18H21F2N5O4S2/c1-12(26)24-6-8-25(9-7-24)31(27,28)23-15-10-16(29-2)22-18(21-15)30-11-13-4-3-5-14(19)17(13)20/h3-5,10H,6-9,11H2,1-2H3,(H,21,22,23). The number of hydrogen-bond acceptors (Lipinski definition) is 7. The molecule has 0 aliphatic carbocycles. The number of benzene rings is 1. The van der Waals surface area contributed by atoms with Crippen LogP contribution >= 0.6 is 11.8 Å². The Kier molecular flexibility index (Phi) is 7.28. The highest BCUT2D eigenvalue weighted by Gasteiger charge is 2.28. The SMILES string of the molecule is COc1cc(NS(=O)(=O)N2CCN(C(C)=O)CC2)nc(SCc2cccc(F)c2F)n1. The maximum absolute atomic E-state index is 13.9. The van der Waals surface area contributed by atoms with Crippen LogP contribution in [0.1, 0.15) is 12.5 Å². The van der Waals surface area contributed by atoms with Gasteiger partial charge in [0.05, 0.1) is 7.11 Å². The number of carbonyl (C=O) groups excluding carboxylic acids is 1. The van der Waals surface area contributed by atoms with Crippen LogP contribution < -0.4 is 9.46 Å². The minimum absolute atomic E-state index is 0.0249. The van der Waals surface area contributed by atoms with E-state index in [0.717, 1.165) is 17.8 Å². The summed E-state index contributed by atoms with van der Waals surface area (Å²) in [5, 5.41) is 0.127. The molecule has 0 radical (unpaired) electrons. The lowest BCUT2D eigenvalue weighted by Gasteiger charge is -2.33. The first-order valence-corrected chi connectivity index (χ1v) is 11.6. The van der Waals surface area contributed by atoms with Crippen LogP contribution in [0.3, 0.4) is 0 Å². The molecule has 2 aromatic rings. The summed E-state index contributed by atoms with van der Waals surface area (Å²) in [6.45, 7) is 2.33. The molecule has 13 heteroatoms. The number of hydrogen-bond donors (Lipinski definition) is 1. The summed E-state index contributed by atoms with van der Waals surface area (Å²) in [7, 11) is -2.56. The third kappa shape index (κ3) is 5.80. The lowest BCUT2D eigenvalue weighted by atomic mass is 10.2. The van der Waals surface area contributed by atoms with Crippen molar-refractivity contribution in [3.63, 3.8) is 0 Å². The van der Waals surface area contributed by atoms with Crippen LogP contribution in [-0.2, 0) is 20.8 Å². The van der Waals surface area contributed by atoms with Crippen LogP contribution in [0.25, 0.3) is 0 Å². The van der Waals surface area contributed by atoms with E-state index < -0.39 is 21.8 Å². The highest BCUT2D eigenvalue weighted by atomic mass is 32.2. The second kappa shape index (κ2) is 9.75. The first kappa shape index (κ1) is 23.2. The van der Waals surface area contributed by atoms with E-state index in [2.05, 4.69) is 14.7 Å². The van der Waals surface area contributed by atoms with Crippen molar-refractivity contribution in [3.8, 4) is 5.88 Å². The van der Waals surface area contributed by atoms with Crippen LogP contribution in [0.15, 0.2) is 29.4 Å². The number of amides is 1. The quantitative estimate of drug-likeness (QED) is 0.484. The van der Waals surface area contributed by atoms with Gasteiger partial charge in [-0.05, 0) is 6.07 Å². The van der Waals surface area contributed by atoms with E-state index in [1.165, 1.54) is 36.5 Å². The Balaban J connectivity index is 1.73. The van der Waals surface area contributed by atoms with Crippen molar-refractivity contribution < 1.29 is 26.7 Å². The highest BCUT2D eigenvalue weighted by molar-refractivity contribution is 7.98. The van der Waals surface area contributed by atoms with Crippen molar-refractivity contribution in [2.24, 2.45) is 0 Å². The average molecular weight is 474 g/mol. The van der Waals surface area contributed by atoms with Gasteiger partial charge in [0.15, 0.2) is 16.8 Å². The van der Waals surface area contributed by atoms with Gasteiger partial charge >= 0.3 is 10.2 Å². The zero-order valence-corrected chi connectivity index (χ0v) is 18.5. The molecule has 1 aliphatic heterocycles. The summed E-state index contributed by atoms with van der Waals surface area (Å²) in [5.74, 6) is -1.90. The zero-order valence-electron chi connectivity index (χ0n) is 16.8. The van der Waals surface area contributed by atoms with Crippen molar-refractivity contribution in [3.05, 3.63) is 41.5 Å². The fourth-order valence-corrected chi connectivity index (χ4v) is 4.83. The summed E-state index contributed by atoms with van der Waals surface area (Å²) < 4.78 is 61.4. The van der Waals surface area contributed by atoms with Gasteiger partial charge in [0.2, 0.25) is 11.8 Å². The third-order valence-corrected chi connectivity index (χ3v) is 6.95. The minimum atomic E-state index is -3.93. The lowest BCUT2D eigenvalue weighted by Crippen LogP contribution is -2.51. The molecular formula is C18H21F2N5O4S2. The number of piperazine rings is 1. The van der Waals surface area contributed by atoms with Crippen molar-refractivity contribution >= 4 is 33.7 Å². The minimum Gasteiger partial charge on any atom is -0.481 e. The van der Waals surface area contributed by atoms with E-state index in [1.807, 2.05) is 0 Å². The topological polar surface area (TPSA) is 105 Å². The molecule has 1 aliphatic rings. The van der Waals surface area contributed by atoms with Gasteiger partial charge < -0.3 is 9.64 Å². The average Bonchev–Trinajstić information content (AvgIpc) is 2.74. The van der Waals surface area contributed by atoms with Crippen molar-refractivity contribution in [1.29, 1.82) is 0 Å². The van der Waals surface area contributed by atoms with Gasteiger partial charge in [0.25, 0.3) is 0 Å². The van der Waals surface area contributed by atoms with Gasteiger partial charge in [-0.25, -0.2) is 13.8 Å². The molecule has 31 heavy (non-hydrogen) atoms. The number of rotatable bonds is 7. The van der Waals surface area contributed by atoms with Crippen LogP contribution in [0, 0.1) is 11.6 Å². The maximum atomic E-state index is 13.9. The molecule has 0 atom stereocenters. The molecule has 1 amide bonds. The number of nitrogens with zero attached hydrogens (tertiary/aromatic N) is 4. The van der Waals surface area contributed by atoms with E-state index in [0.29, 0.717) is 13.1 Å². The Labute approximate surface area is 183 Å². The summed E-state index contributed by atoms with van der Waals surface area (Å²) in [6, 6.07) is 5.17. The molecule has 1 fully saturated rings. The zero-order chi connectivity index (χ0) is 22.6. The number of nitrogens with one attached hydrogen (secondary N) is 1. The molecule has 0 spiro atoms. The van der Waals surface area contributed by atoms with Gasteiger partial charge in [0.1, 0.15) is 5.82 Å². The number of ether oxygens (including phenoxy) is 1. The number of methoxy groups -OCH3 is 1. The summed E-state index contributed by atoms with van der Waals surface area (Å²) in [6.07, 6.45) is 0. The molecule has 1 saturated heterocycles. The van der Waals surface area contributed by atoms with Crippen LogP contribution in [0.5, 0.6) is 5.88 Å². The van der Waals surface area contributed by atoms with E-state index >= 15 is 0 Å². The summed E-state index contributed by atoms with van der Waals surface area (Å²) >= 11 is 1.00. The predicted molar refractivity (Wildman–Crippen MR) is 111 cm³/mol. The van der Waals surface area contributed by atoms with Crippen LogP contribution in [-0.4, -0.2) is 66.8 Å². The second-order valence-electron chi connectivity index (χ2n) is 6.59. The monoisotopic (exact) mass is 473 g/mol. The first-order chi connectivity index (χ1) is 14.7. The normalized spacial score (nSPS) is 15.0. The number of anilines is 1. The first-order valence-electron chi connectivity index (χ1n) is 9.22. The Hall–Kier alpha value is -2.51. The third-order valence-electron chi connectivity index (χ3n) is 4.54. The molecule has 1 aromatic heterocycles. The fraction of sp³-hybridized carbons (Fsp3) is 0.389. The predicted octanol–water partition coefficient (Wildman–Crippen LogP) is 1.88. The molecule has 0 unspecified atom stereocenters. The molecule has 1 aromatic carbocycles.